The lowest BCUT2D eigenvalue weighted by Gasteiger charge is -2.22. The van der Waals surface area contributed by atoms with E-state index in [1.54, 1.807) is 18.5 Å². The second-order valence-corrected chi connectivity index (χ2v) is 7.96. The van der Waals surface area contributed by atoms with Crippen molar-refractivity contribution in [1.29, 1.82) is 0 Å². The molecule has 2 aromatic heterocycles. The van der Waals surface area contributed by atoms with Crippen molar-refractivity contribution in [3.8, 4) is 10.7 Å². The van der Waals surface area contributed by atoms with E-state index in [0.717, 1.165) is 22.5 Å². The molecular weight excluding hydrogens is 406 g/mol. The van der Waals surface area contributed by atoms with Crippen LogP contribution in [0.4, 0.5) is 5.69 Å². The molecule has 1 aromatic carbocycles. The number of carbonyl (C=O) groups excluding carboxylic acids is 2. The number of rotatable bonds is 7. The third kappa shape index (κ3) is 4.63. The summed E-state index contributed by atoms with van der Waals surface area (Å²) in [5.41, 5.74) is 1.82. The monoisotopic (exact) mass is 429 g/mol. The predicted octanol–water partition coefficient (Wildman–Crippen LogP) is 3.89. The first-order chi connectivity index (χ1) is 13.9. The summed E-state index contributed by atoms with van der Waals surface area (Å²) >= 11 is 6.85. The van der Waals surface area contributed by atoms with E-state index in [4.69, 9.17) is 12.2 Å². The molecule has 0 bridgehead atoms. The average molecular weight is 430 g/mol. The number of H-pyrrole nitrogens is 1. The smallest absolute Gasteiger partial charge is 0.245 e. The van der Waals surface area contributed by atoms with Crippen molar-refractivity contribution in [2.45, 2.75) is 26.3 Å². The minimum Gasteiger partial charge on any atom is -0.335 e. The van der Waals surface area contributed by atoms with Gasteiger partial charge in [0.15, 0.2) is 10.6 Å². The maximum absolute atomic E-state index is 13.0. The summed E-state index contributed by atoms with van der Waals surface area (Å²) in [5, 5.41) is 11.8. The maximum Gasteiger partial charge on any atom is 0.245 e. The molecule has 2 heterocycles. The number of nitrogens with zero attached hydrogens (tertiary/aromatic N) is 3. The van der Waals surface area contributed by atoms with Crippen LogP contribution in [0.15, 0.2) is 41.8 Å². The van der Waals surface area contributed by atoms with Crippen LogP contribution < -0.4 is 5.32 Å². The first-order valence-corrected chi connectivity index (χ1v) is 10.5. The van der Waals surface area contributed by atoms with Crippen LogP contribution in [0.3, 0.4) is 0 Å². The molecule has 29 heavy (non-hydrogen) atoms. The van der Waals surface area contributed by atoms with Crippen molar-refractivity contribution in [2.24, 2.45) is 0 Å². The van der Waals surface area contributed by atoms with Gasteiger partial charge in [0.05, 0.1) is 11.4 Å². The molecule has 152 valence electrons. The molecular formula is C20H23N5O2S2. The Balaban J connectivity index is 1.71. The van der Waals surface area contributed by atoms with Crippen molar-refractivity contribution in [3.63, 3.8) is 0 Å². The van der Waals surface area contributed by atoms with Crippen LogP contribution >= 0.6 is 23.6 Å². The lowest BCUT2D eigenvalue weighted by molar-refractivity contribution is -0.135. The molecule has 0 saturated carbocycles. The van der Waals surface area contributed by atoms with Crippen LogP contribution in [-0.2, 0) is 16.0 Å². The Kier molecular flexibility index (Phi) is 6.60. The first-order valence-electron chi connectivity index (χ1n) is 9.25. The molecule has 1 atom stereocenters. The fourth-order valence-corrected chi connectivity index (χ4v) is 4.11. The molecule has 0 aliphatic rings. The number of para-hydroxylation sites is 1. The topological polar surface area (TPSA) is 83.0 Å². The van der Waals surface area contributed by atoms with Crippen molar-refractivity contribution in [3.05, 3.63) is 52.1 Å². The van der Waals surface area contributed by atoms with Gasteiger partial charge in [0.25, 0.3) is 0 Å². The summed E-state index contributed by atoms with van der Waals surface area (Å²) in [6.07, 6.45) is 0.812. The van der Waals surface area contributed by atoms with E-state index in [1.165, 1.54) is 16.2 Å². The molecule has 2 amide bonds. The average Bonchev–Trinajstić information content (AvgIpc) is 3.36. The predicted molar refractivity (Wildman–Crippen MR) is 118 cm³/mol. The standard InChI is InChI=1S/C20H23N5O2S2/c1-4-14-8-5-6-9-15(14)21-17(26)12-24(3)19(27)13(2)25-18(22-23-20(25)28)16-10-7-11-29-16/h5-11,13H,4,12H2,1-3H3,(H,21,26)(H,23,28). The van der Waals surface area contributed by atoms with Gasteiger partial charge in [-0.3, -0.25) is 19.3 Å². The third-order valence-electron chi connectivity index (χ3n) is 4.62. The molecule has 2 N–H and O–H groups in total. The summed E-state index contributed by atoms with van der Waals surface area (Å²) in [6.45, 7) is 3.73. The number of aromatic amines is 1. The molecule has 0 aliphatic carbocycles. The van der Waals surface area contributed by atoms with E-state index < -0.39 is 6.04 Å². The highest BCUT2D eigenvalue weighted by atomic mass is 32.1. The Morgan fingerprint density at radius 3 is 2.76 bits per heavy atom. The molecule has 0 radical (unpaired) electrons. The Morgan fingerprint density at radius 2 is 2.07 bits per heavy atom. The number of benzene rings is 1. The highest BCUT2D eigenvalue weighted by molar-refractivity contribution is 7.71. The quantitative estimate of drug-likeness (QED) is 0.558. The molecule has 0 aliphatic heterocycles. The fraction of sp³-hybridized carbons (Fsp3) is 0.300. The maximum atomic E-state index is 13.0. The van der Waals surface area contributed by atoms with Crippen molar-refractivity contribution in [2.75, 3.05) is 18.9 Å². The van der Waals surface area contributed by atoms with Gasteiger partial charge in [-0.25, -0.2) is 0 Å². The lowest BCUT2D eigenvalue weighted by Crippen LogP contribution is -2.38. The molecule has 0 fully saturated rings. The zero-order chi connectivity index (χ0) is 21.0. The number of anilines is 1. The number of aromatic nitrogens is 3. The largest absolute Gasteiger partial charge is 0.335 e. The summed E-state index contributed by atoms with van der Waals surface area (Å²) < 4.78 is 2.05. The number of amides is 2. The Bertz CT molecular complexity index is 1060. The minimum atomic E-state index is -0.598. The zero-order valence-electron chi connectivity index (χ0n) is 16.5. The second-order valence-electron chi connectivity index (χ2n) is 6.63. The van der Waals surface area contributed by atoms with Gasteiger partial charge in [-0.05, 0) is 48.6 Å². The Morgan fingerprint density at radius 1 is 1.31 bits per heavy atom. The summed E-state index contributed by atoms with van der Waals surface area (Å²) in [4.78, 5) is 27.8. The highest BCUT2D eigenvalue weighted by Crippen LogP contribution is 2.26. The van der Waals surface area contributed by atoms with Crippen LogP contribution in [0.2, 0.25) is 0 Å². The fourth-order valence-electron chi connectivity index (χ4n) is 3.11. The summed E-state index contributed by atoms with van der Waals surface area (Å²) in [6, 6.07) is 10.9. The second kappa shape index (κ2) is 9.15. The Labute approximate surface area is 178 Å². The van der Waals surface area contributed by atoms with E-state index in [9.17, 15) is 9.59 Å². The van der Waals surface area contributed by atoms with Gasteiger partial charge in [-0.15, -0.1) is 11.3 Å². The summed E-state index contributed by atoms with van der Waals surface area (Å²) in [5.74, 6) is 0.142. The lowest BCUT2D eigenvalue weighted by atomic mass is 10.1. The van der Waals surface area contributed by atoms with E-state index in [-0.39, 0.29) is 18.4 Å². The minimum absolute atomic E-state index is 0.0548. The Hall–Kier alpha value is -2.78. The summed E-state index contributed by atoms with van der Waals surface area (Å²) in [7, 11) is 1.61. The normalized spacial score (nSPS) is 11.8. The number of nitrogens with one attached hydrogen (secondary N) is 2. The van der Waals surface area contributed by atoms with Gasteiger partial charge in [0, 0.05) is 12.7 Å². The molecule has 1 unspecified atom stereocenters. The zero-order valence-corrected chi connectivity index (χ0v) is 18.1. The van der Waals surface area contributed by atoms with Gasteiger partial charge in [0.2, 0.25) is 11.8 Å². The van der Waals surface area contributed by atoms with E-state index >= 15 is 0 Å². The van der Waals surface area contributed by atoms with Crippen LogP contribution in [-0.4, -0.2) is 45.1 Å². The number of hydrogen-bond acceptors (Lipinski definition) is 5. The number of carbonyl (C=O) groups is 2. The van der Waals surface area contributed by atoms with Crippen molar-refractivity contribution in [1.82, 2.24) is 19.7 Å². The molecule has 9 heteroatoms. The third-order valence-corrected chi connectivity index (χ3v) is 5.77. The van der Waals surface area contributed by atoms with Gasteiger partial charge >= 0.3 is 0 Å². The van der Waals surface area contributed by atoms with Gasteiger partial charge in [-0.1, -0.05) is 31.2 Å². The molecule has 3 rings (SSSR count). The van der Waals surface area contributed by atoms with Crippen LogP contribution in [0.5, 0.6) is 0 Å². The van der Waals surface area contributed by atoms with Crippen LogP contribution in [0, 0.1) is 4.77 Å². The van der Waals surface area contributed by atoms with Crippen LogP contribution in [0.25, 0.3) is 10.7 Å². The number of thiophene rings is 1. The van der Waals surface area contributed by atoms with Gasteiger partial charge in [-0.2, -0.15) is 5.10 Å². The van der Waals surface area contributed by atoms with Crippen molar-refractivity contribution >= 4 is 41.1 Å². The van der Waals surface area contributed by atoms with E-state index in [1.807, 2.05) is 48.7 Å². The molecule has 7 nitrogen and oxygen atoms in total. The number of hydrogen-bond donors (Lipinski definition) is 2. The van der Waals surface area contributed by atoms with E-state index in [0.29, 0.717) is 10.6 Å². The SMILES string of the molecule is CCc1ccccc1NC(=O)CN(C)C(=O)C(C)n1c(-c2cccs2)n[nH]c1=S. The van der Waals surface area contributed by atoms with Crippen LogP contribution in [0.1, 0.15) is 25.5 Å². The molecule has 3 aromatic rings. The number of aryl methyl sites for hydroxylation is 1. The van der Waals surface area contributed by atoms with E-state index in [2.05, 4.69) is 15.5 Å². The molecule has 0 saturated heterocycles. The first kappa shape index (κ1) is 20.9. The molecule has 0 spiro atoms. The van der Waals surface area contributed by atoms with Gasteiger partial charge < -0.3 is 10.2 Å². The highest BCUT2D eigenvalue weighted by Gasteiger charge is 2.25. The number of likely N-dealkylation sites (N-methyl/N-ethyl adjacent to an activating group) is 1. The van der Waals surface area contributed by atoms with Gasteiger partial charge in [0.1, 0.15) is 6.04 Å². The van der Waals surface area contributed by atoms with Crippen molar-refractivity contribution < 1.29 is 9.59 Å².